The lowest BCUT2D eigenvalue weighted by Gasteiger charge is -2.09. The smallest absolute Gasteiger partial charge is 0.240 e. The Labute approximate surface area is 160 Å². The number of hydrogen-bond acceptors (Lipinski definition) is 3. The van der Waals surface area contributed by atoms with Crippen LogP contribution in [0.4, 0.5) is 0 Å². The van der Waals surface area contributed by atoms with E-state index < -0.39 is 10.0 Å². The standard InChI is InChI=1S/C22H23NO3S/c1-2-26-21-12-8-18(9-13-21)16-17-23-27(24,25)22-14-10-20(11-15-22)19-6-4-3-5-7-19/h3-15,23H,2,16-17H2,1H3. The van der Waals surface area contributed by atoms with Gasteiger partial charge in [-0.25, -0.2) is 13.1 Å². The highest BCUT2D eigenvalue weighted by molar-refractivity contribution is 7.89. The van der Waals surface area contributed by atoms with Gasteiger partial charge in [0.2, 0.25) is 10.0 Å². The Bertz CT molecular complexity index is 951. The van der Waals surface area contributed by atoms with Crippen molar-refractivity contribution in [2.75, 3.05) is 13.2 Å². The van der Waals surface area contributed by atoms with E-state index in [1.54, 1.807) is 12.1 Å². The molecule has 0 aromatic heterocycles. The Balaban J connectivity index is 1.59. The Morgan fingerprint density at radius 3 is 2.07 bits per heavy atom. The molecule has 0 bridgehead atoms. The van der Waals surface area contributed by atoms with Crippen molar-refractivity contribution in [2.45, 2.75) is 18.2 Å². The lowest BCUT2D eigenvalue weighted by molar-refractivity contribution is 0.340. The van der Waals surface area contributed by atoms with Gasteiger partial charge in [-0.2, -0.15) is 0 Å². The van der Waals surface area contributed by atoms with Gasteiger partial charge in [-0.15, -0.1) is 0 Å². The first kappa shape index (κ1) is 19.1. The minimum absolute atomic E-state index is 0.272. The summed E-state index contributed by atoms with van der Waals surface area (Å²) in [7, 11) is -3.52. The zero-order valence-corrected chi connectivity index (χ0v) is 16.1. The molecule has 0 atom stereocenters. The molecular formula is C22H23NO3S. The summed E-state index contributed by atoms with van der Waals surface area (Å²) in [6.45, 7) is 2.91. The van der Waals surface area contributed by atoms with E-state index >= 15 is 0 Å². The Morgan fingerprint density at radius 2 is 1.44 bits per heavy atom. The molecule has 3 aromatic rings. The number of nitrogens with one attached hydrogen (secondary N) is 1. The van der Waals surface area contributed by atoms with Crippen LogP contribution in [0.3, 0.4) is 0 Å². The van der Waals surface area contributed by atoms with Crippen molar-refractivity contribution in [3.8, 4) is 16.9 Å². The highest BCUT2D eigenvalue weighted by atomic mass is 32.2. The predicted molar refractivity (Wildman–Crippen MR) is 108 cm³/mol. The number of ether oxygens (including phenoxy) is 1. The molecule has 1 N–H and O–H groups in total. The molecule has 0 amide bonds. The quantitative estimate of drug-likeness (QED) is 0.634. The van der Waals surface area contributed by atoms with Gasteiger partial charge in [0.05, 0.1) is 11.5 Å². The molecule has 0 saturated heterocycles. The summed E-state index contributed by atoms with van der Waals surface area (Å²) in [4.78, 5) is 0.272. The molecule has 5 heteroatoms. The lowest BCUT2D eigenvalue weighted by Crippen LogP contribution is -2.25. The zero-order valence-electron chi connectivity index (χ0n) is 15.3. The second kappa shape index (κ2) is 8.84. The highest BCUT2D eigenvalue weighted by Crippen LogP contribution is 2.21. The van der Waals surface area contributed by atoms with Crippen LogP contribution in [-0.2, 0) is 16.4 Å². The van der Waals surface area contributed by atoms with Gasteiger partial charge in [0, 0.05) is 6.54 Å². The molecule has 140 valence electrons. The van der Waals surface area contributed by atoms with Gasteiger partial charge in [-0.1, -0.05) is 54.6 Å². The molecule has 3 rings (SSSR count). The fraction of sp³-hybridized carbons (Fsp3) is 0.182. The average Bonchev–Trinajstić information content (AvgIpc) is 2.70. The van der Waals surface area contributed by atoms with E-state index in [1.165, 1.54) is 0 Å². The average molecular weight is 381 g/mol. The summed E-state index contributed by atoms with van der Waals surface area (Å²) in [6, 6.07) is 24.5. The molecule has 4 nitrogen and oxygen atoms in total. The molecule has 27 heavy (non-hydrogen) atoms. The minimum atomic E-state index is -3.52. The van der Waals surface area contributed by atoms with Gasteiger partial charge in [0.15, 0.2) is 0 Å². The van der Waals surface area contributed by atoms with Crippen LogP contribution in [0.5, 0.6) is 5.75 Å². The van der Waals surface area contributed by atoms with Crippen molar-refractivity contribution in [3.05, 3.63) is 84.4 Å². The van der Waals surface area contributed by atoms with Gasteiger partial charge in [-0.3, -0.25) is 0 Å². The third-order valence-electron chi connectivity index (χ3n) is 4.21. The second-order valence-corrected chi connectivity index (χ2v) is 7.88. The fourth-order valence-electron chi connectivity index (χ4n) is 2.79. The minimum Gasteiger partial charge on any atom is -0.494 e. The van der Waals surface area contributed by atoms with E-state index in [0.29, 0.717) is 19.6 Å². The summed E-state index contributed by atoms with van der Waals surface area (Å²) >= 11 is 0. The molecule has 0 aliphatic carbocycles. The van der Waals surface area contributed by atoms with Gasteiger partial charge < -0.3 is 4.74 Å². The van der Waals surface area contributed by atoms with E-state index in [2.05, 4.69) is 4.72 Å². The van der Waals surface area contributed by atoms with Crippen molar-refractivity contribution in [1.29, 1.82) is 0 Å². The first-order chi connectivity index (χ1) is 13.1. The SMILES string of the molecule is CCOc1ccc(CCNS(=O)(=O)c2ccc(-c3ccccc3)cc2)cc1. The number of hydrogen-bond donors (Lipinski definition) is 1. The van der Waals surface area contributed by atoms with E-state index in [1.807, 2.05) is 73.7 Å². The first-order valence-electron chi connectivity index (χ1n) is 8.95. The van der Waals surface area contributed by atoms with Crippen LogP contribution in [0.15, 0.2) is 83.8 Å². The summed E-state index contributed by atoms with van der Waals surface area (Å²) in [6.07, 6.45) is 0.619. The molecule has 0 radical (unpaired) electrons. The molecule has 0 saturated carbocycles. The number of benzene rings is 3. The number of sulfonamides is 1. The van der Waals surface area contributed by atoms with E-state index in [4.69, 9.17) is 4.74 Å². The molecular weight excluding hydrogens is 358 g/mol. The first-order valence-corrected chi connectivity index (χ1v) is 10.4. The normalized spacial score (nSPS) is 11.3. The van der Waals surface area contributed by atoms with Crippen molar-refractivity contribution < 1.29 is 13.2 Å². The third-order valence-corrected chi connectivity index (χ3v) is 5.69. The Hall–Kier alpha value is -2.63. The second-order valence-electron chi connectivity index (χ2n) is 6.12. The predicted octanol–water partition coefficient (Wildman–Crippen LogP) is 4.27. The van der Waals surface area contributed by atoms with Crippen LogP contribution in [0.25, 0.3) is 11.1 Å². The van der Waals surface area contributed by atoms with E-state index in [9.17, 15) is 8.42 Å². The van der Waals surface area contributed by atoms with Crippen LogP contribution in [0, 0.1) is 0 Å². The zero-order chi connectivity index (χ0) is 19.1. The molecule has 0 fully saturated rings. The summed E-state index contributed by atoms with van der Waals surface area (Å²) < 4.78 is 33.0. The molecule has 0 heterocycles. The van der Waals surface area contributed by atoms with Crippen molar-refractivity contribution in [3.63, 3.8) is 0 Å². The maximum Gasteiger partial charge on any atom is 0.240 e. The largest absolute Gasteiger partial charge is 0.494 e. The maximum absolute atomic E-state index is 12.5. The van der Waals surface area contributed by atoms with Crippen LogP contribution in [-0.4, -0.2) is 21.6 Å². The van der Waals surface area contributed by atoms with Crippen LogP contribution in [0.1, 0.15) is 12.5 Å². The molecule has 0 aliphatic rings. The van der Waals surface area contributed by atoms with Crippen molar-refractivity contribution in [1.82, 2.24) is 4.72 Å². The molecule has 0 spiro atoms. The maximum atomic E-state index is 12.5. The fourth-order valence-corrected chi connectivity index (χ4v) is 3.82. The van der Waals surface area contributed by atoms with Gasteiger partial charge >= 0.3 is 0 Å². The Kier molecular flexibility index (Phi) is 6.27. The molecule has 0 unspecified atom stereocenters. The molecule has 0 aliphatic heterocycles. The summed E-state index contributed by atoms with van der Waals surface area (Å²) in [5.74, 6) is 0.820. The summed E-state index contributed by atoms with van der Waals surface area (Å²) in [5, 5.41) is 0. The topological polar surface area (TPSA) is 55.4 Å². The van der Waals surface area contributed by atoms with Crippen LogP contribution >= 0.6 is 0 Å². The highest BCUT2D eigenvalue weighted by Gasteiger charge is 2.13. The van der Waals surface area contributed by atoms with E-state index in [-0.39, 0.29) is 4.90 Å². The third kappa shape index (κ3) is 5.18. The lowest BCUT2D eigenvalue weighted by atomic mass is 10.1. The van der Waals surface area contributed by atoms with E-state index in [0.717, 1.165) is 22.4 Å². The van der Waals surface area contributed by atoms with Crippen LogP contribution in [0.2, 0.25) is 0 Å². The van der Waals surface area contributed by atoms with Crippen molar-refractivity contribution in [2.24, 2.45) is 0 Å². The van der Waals surface area contributed by atoms with Crippen molar-refractivity contribution >= 4 is 10.0 Å². The van der Waals surface area contributed by atoms with Gasteiger partial charge in [0.1, 0.15) is 5.75 Å². The molecule has 3 aromatic carbocycles. The summed E-state index contributed by atoms with van der Waals surface area (Å²) in [5.41, 5.74) is 3.11. The number of rotatable bonds is 8. The van der Waals surface area contributed by atoms with Gasteiger partial charge in [-0.05, 0) is 54.3 Å². The Morgan fingerprint density at radius 1 is 0.815 bits per heavy atom. The van der Waals surface area contributed by atoms with Gasteiger partial charge in [0.25, 0.3) is 0 Å². The van der Waals surface area contributed by atoms with Crippen LogP contribution < -0.4 is 9.46 Å². The monoisotopic (exact) mass is 381 g/mol.